The van der Waals surface area contributed by atoms with E-state index in [1.54, 1.807) is 6.20 Å². The largest absolute Gasteiger partial charge is 0.442 e. The summed E-state index contributed by atoms with van der Waals surface area (Å²) in [7, 11) is 0. The summed E-state index contributed by atoms with van der Waals surface area (Å²) < 4.78 is 5.33. The first-order chi connectivity index (χ1) is 9.92. The van der Waals surface area contributed by atoms with Crippen LogP contribution in [0, 0.1) is 0 Å². The molecule has 0 aliphatic heterocycles. The highest BCUT2D eigenvalue weighted by molar-refractivity contribution is 5.71. The van der Waals surface area contributed by atoms with E-state index in [0.717, 1.165) is 23.4 Å². The lowest BCUT2D eigenvalue weighted by Gasteiger charge is -2.16. The number of fused-ring (bicyclic) bond motifs is 1. The lowest BCUT2D eigenvalue weighted by Crippen LogP contribution is -2.05. The lowest BCUT2D eigenvalue weighted by atomic mass is 9.88. The van der Waals surface area contributed by atoms with Crippen molar-refractivity contribution >= 4 is 6.08 Å². The minimum Gasteiger partial charge on any atom is -0.442 e. The molecule has 2 heterocycles. The zero-order valence-electron chi connectivity index (χ0n) is 10.8. The van der Waals surface area contributed by atoms with Crippen LogP contribution in [-0.2, 0) is 6.42 Å². The molecule has 0 spiro atoms. The standard InChI is InChI=1S/C16H13N3O/c1-2-4-11(5-3-1)12-6-7-13-14(8-12)18-19-16(13)15-9-17-10-20-15/h1-7,9-10,12H,8H2,(H,18,19). The first-order valence-electron chi connectivity index (χ1n) is 6.61. The summed E-state index contributed by atoms with van der Waals surface area (Å²) in [6.07, 6.45) is 8.39. The van der Waals surface area contributed by atoms with Crippen molar-refractivity contribution in [2.24, 2.45) is 0 Å². The highest BCUT2D eigenvalue weighted by Crippen LogP contribution is 2.33. The smallest absolute Gasteiger partial charge is 0.181 e. The molecular weight excluding hydrogens is 250 g/mol. The molecule has 1 atom stereocenters. The lowest BCUT2D eigenvalue weighted by molar-refractivity contribution is 0.569. The minimum atomic E-state index is 0.395. The van der Waals surface area contributed by atoms with Gasteiger partial charge in [0.1, 0.15) is 5.69 Å². The molecule has 98 valence electrons. The molecule has 1 N–H and O–H groups in total. The van der Waals surface area contributed by atoms with Crippen molar-refractivity contribution in [3.63, 3.8) is 0 Å². The van der Waals surface area contributed by atoms with E-state index in [-0.39, 0.29) is 0 Å². The third-order valence-electron chi connectivity index (χ3n) is 3.70. The van der Waals surface area contributed by atoms with Gasteiger partial charge in [-0.25, -0.2) is 4.98 Å². The first kappa shape index (κ1) is 11.2. The highest BCUT2D eigenvalue weighted by atomic mass is 16.3. The molecule has 4 rings (SSSR count). The third kappa shape index (κ3) is 1.77. The Balaban J connectivity index is 1.70. The van der Waals surface area contributed by atoms with Crippen molar-refractivity contribution in [2.45, 2.75) is 12.3 Å². The average molecular weight is 263 g/mol. The monoisotopic (exact) mass is 263 g/mol. The number of oxazole rings is 1. The SMILES string of the molecule is C1=CC(c2ccccc2)Cc2[nH]nc(-c3cnco3)c21. The molecule has 1 unspecified atom stereocenters. The first-order valence-corrected chi connectivity index (χ1v) is 6.61. The fourth-order valence-corrected chi connectivity index (χ4v) is 2.67. The molecule has 1 aliphatic rings. The van der Waals surface area contributed by atoms with Crippen LogP contribution in [0.3, 0.4) is 0 Å². The van der Waals surface area contributed by atoms with Gasteiger partial charge in [0, 0.05) is 23.6 Å². The van der Waals surface area contributed by atoms with Crippen molar-refractivity contribution in [3.8, 4) is 11.5 Å². The summed E-state index contributed by atoms with van der Waals surface area (Å²) in [5.74, 6) is 1.09. The summed E-state index contributed by atoms with van der Waals surface area (Å²) >= 11 is 0. The molecule has 0 fully saturated rings. The van der Waals surface area contributed by atoms with Gasteiger partial charge in [0.05, 0.1) is 6.20 Å². The summed E-state index contributed by atoms with van der Waals surface area (Å²) in [5.41, 5.74) is 4.41. The molecule has 0 amide bonds. The molecule has 4 nitrogen and oxygen atoms in total. The van der Waals surface area contributed by atoms with Crippen LogP contribution < -0.4 is 0 Å². The zero-order valence-corrected chi connectivity index (χ0v) is 10.8. The molecule has 0 bridgehead atoms. The zero-order chi connectivity index (χ0) is 13.4. The molecule has 2 aromatic heterocycles. The molecule has 1 aromatic carbocycles. The minimum absolute atomic E-state index is 0.395. The van der Waals surface area contributed by atoms with Gasteiger partial charge in [-0.1, -0.05) is 42.5 Å². The van der Waals surface area contributed by atoms with E-state index in [0.29, 0.717) is 11.7 Å². The van der Waals surface area contributed by atoms with Crippen LogP contribution >= 0.6 is 0 Å². The van der Waals surface area contributed by atoms with Gasteiger partial charge in [-0.3, -0.25) is 5.10 Å². The second-order valence-corrected chi connectivity index (χ2v) is 4.91. The summed E-state index contributed by atoms with van der Waals surface area (Å²) in [4.78, 5) is 3.94. The number of rotatable bonds is 2. The van der Waals surface area contributed by atoms with Crippen molar-refractivity contribution in [3.05, 3.63) is 65.8 Å². The van der Waals surface area contributed by atoms with Gasteiger partial charge >= 0.3 is 0 Å². The number of hydrogen-bond acceptors (Lipinski definition) is 3. The van der Waals surface area contributed by atoms with Crippen molar-refractivity contribution in [1.82, 2.24) is 15.2 Å². The fraction of sp³-hybridized carbons (Fsp3) is 0.125. The van der Waals surface area contributed by atoms with Crippen LogP contribution in [0.25, 0.3) is 17.5 Å². The predicted molar refractivity (Wildman–Crippen MR) is 76.0 cm³/mol. The van der Waals surface area contributed by atoms with E-state index in [1.165, 1.54) is 12.0 Å². The van der Waals surface area contributed by atoms with Gasteiger partial charge in [0.15, 0.2) is 12.2 Å². The second-order valence-electron chi connectivity index (χ2n) is 4.91. The Morgan fingerprint density at radius 2 is 2.10 bits per heavy atom. The summed E-state index contributed by atoms with van der Waals surface area (Å²) in [6.45, 7) is 0. The van der Waals surface area contributed by atoms with Gasteiger partial charge in [0.25, 0.3) is 0 Å². The number of nitrogens with one attached hydrogen (secondary N) is 1. The number of hydrogen-bond donors (Lipinski definition) is 1. The molecule has 0 saturated carbocycles. The van der Waals surface area contributed by atoms with E-state index in [2.05, 4.69) is 51.6 Å². The fourth-order valence-electron chi connectivity index (χ4n) is 2.67. The average Bonchev–Trinajstić information content (AvgIpc) is 3.16. The van der Waals surface area contributed by atoms with E-state index in [9.17, 15) is 0 Å². The Bertz CT molecular complexity index is 741. The Labute approximate surface area is 116 Å². The van der Waals surface area contributed by atoms with Crippen LogP contribution in [0.15, 0.2) is 53.4 Å². The number of aromatic nitrogens is 3. The molecular formula is C16H13N3O. The van der Waals surface area contributed by atoms with Gasteiger partial charge < -0.3 is 4.42 Å². The maximum atomic E-state index is 5.33. The van der Waals surface area contributed by atoms with Gasteiger partial charge in [0.2, 0.25) is 0 Å². The van der Waals surface area contributed by atoms with Gasteiger partial charge in [-0.15, -0.1) is 0 Å². The normalized spacial score (nSPS) is 17.1. The van der Waals surface area contributed by atoms with Crippen LogP contribution in [0.4, 0.5) is 0 Å². The van der Waals surface area contributed by atoms with Crippen LogP contribution in [0.2, 0.25) is 0 Å². The van der Waals surface area contributed by atoms with Crippen molar-refractivity contribution in [2.75, 3.05) is 0 Å². The Kier molecular flexibility index (Phi) is 2.52. The highest BCUT2D eigenvalue weighted by Gasteiger charge is 2.22. The predicted octanol–water partition coefficient (Wildman–Crippen LogP) is 3.42. The van der Waals surface area contributed by atoms with Gasteiger partial charge in [-0.05, 0) is 5.56 Å². The number of H-pyrrole nitrogens is 1. The van der Waals surface area contributed by atoms with E-state index < -0.39 is 0 Å². The van der Waals surface area contributed by atoms with E-state index in [4.69, 9.17) is 4.42 Å². The van der Waals surface area contributed by atoms with Crippen LogP contribution in [0.5, 0.6) is 0 Å². The molecule has 4 heteroatoms. The van der Waals surface area contributed by atoms with Crippen molar-refractivity contribution in [1.29, 1.82) is 0 Å². The third-order valence-corrected chi connectivity index (χ3v) is 3.70. The molecule has 1 aliphatic carbocycles. The molecule has 3 aromatic rings. The summed E-state index contributed by atoms with van der Waals surface area (Å²) in [5, 5.41) is 7.48. The maximum absolute atomic E-state index is 5.33. The topological polar surface area (TPSA) is 54.7 Å². The number of nitrogens with zero attached hydrogens (tertiary/aromatic N) is 2. The van der Waals surface area contributed by atoms with Crippen LogP contribution in [0.1, 0.15) is 22.7 Å². The number of benzene rings is 1. The second kappa shape index (κ2) is 4.49. The number of allylic oxidation sites excluding steroid dienone is 1. The Morgan fingerprint density at radius 1 is 1.20 bits per heavy atom. The van der Waals surface area contributed by atoms with Crippen LogP contribution in [-0.4, -0.2) is 15.2 Å². The maximum Gasteiger partial charge on any atom is 0.181 e. The number of aromatic amines is 1. The Hall–Kier alpha value is -2.62. The molecule has 0 saturated heterocycles. The molecule has 20 heavy (non-hydrogen) atoms. The van der Waals surface area contributed by atoms with Gasteiger partial charge in [-0.2, -0.15) is 5.10 Å². The Morgan fingerprint density at radius 3 is 2.90 bits per heavy atom. The van der Waals surface area contributed by atoms with E-state index in [1.807, 2.05) is 6.07 Å². The quantitative estimate of drug-likeness (QED) is 0.770. The molecule has 0 radical (unpaired) electrons. The van der Waals surface area contributed by atoms with Crippen molar-refractivity contribution < 1.29 is 4.42 Å². The van der Waals surface area contributed by atoms with E-state index >= 15 is 0 Å². The summed E-state index contributed by atoms with van der Waals surface area (Å²) in [6, 6.07) is 10.5.